The third-order valence-electron chi connectivity index (χ3n) is 6.22. The van der Waals surface area contributed by atoms with Gasteiger partial charge in [0.25, 0.3) is 0 Å². The van der Waals surface area contributed by atoms with Crippen molar-refractivity contribution in [3.05, 3.63) is 0 Å². The highest BCUT2D eigenvalue weighted by Gasteiger charge is 2.41. The van der Waals surface area contributed by atoms with Gasteiger partial charge in [-0.2, -0.15) is 0 Å². The zero-order valence-electron chi connectivity index (χ0n) is 16.8. The molecular formula is C20H37N3O2. The Morgan fingerprint density at radius 2 is 1.64 bits per heavy atom. The van der Waals surface area contributed by atoms with Crippen LogP contribution in [0.5, 0.6) is 0 Å². The predicted octanol–water partition coefficient (Wildman–Crippen LogP) is 2.36. The molecule has 0 aromatic heterocycles. The van der Waals surface area contributed by atoms with Gasteiger partial charge in [0.1, 0.15) is 0 Å². The fourth-order valence-electron chi connectivity index (χ4n) is 3.82. The number of carbonyl (C=O) groups is 2. The second-order valence-electron chi connectivity index (χ2n) is 8.67. The molecule has 0 bridgehead atoms. The molecule has 25 heavy (non-hydrogen) atoms. The first kappa shape index (κ1) is 20.2. The van der Waals surface area contributed by atoms with Gasteiger partial charge in [-0.15, -0.1) is 0 Å². The van der Waals surface area contributed by atoms with Gasteiger partial charge in [0.15, 0.2) is 0 Å². The summed E-state index contributed by atoms with van der Waals surface area (Å²) in [7, 11) is 0. The zero-order chi connectivity index (χ0) is 18.6. The topological polar surface area (TPSA) is 52.7 Å². The summed E-state index contributed by atoms with van der Waals surface area (Å²) in [5, 5.41) is 3.09. The van der Waals surface area contributed by atoms with Gasteiger partial charge < -0.3 is 10.2 Å². The number of likely N-dealkylation sites (tertiary alicyclic amines) is 2. The fourth-order valence-corrected chi connectivity index (χ4v) is 3.82. The molecule has 0 spiro atoms. The Morgan fingerprint density at radius 1 is 1.04 bits per heavy atom. The molecule has 0 aromatic carbocycles. The second kappa shape index (κ2) is 9.02. The van der Waals surface area contributed by atoms with Gasteiger partial charge in [-0.05, 0) is 37.0 Å². The quantitative estimate of drug-likeness (QED) is 0.730. The Balaban J connectivity index is 1.71. The van der Waals surface area contributed by atoms with Gasteiger partial charge in [0.2, 0.25) is 11.8 Å². The molecule has 144 valence electrons. The molecule has 5 heteroatoms. The van der Waals surface area contributed by atoms with Crippen molar-refractivity contribution in [3.63, 3.8) is 0 Å². The van der Waals surface area contributed by atoms with Crippen LogP contribution in [0.2, 0.25) is 0 Å². The van der Waals surface area contributed by atoms with Crippen molar-refractivity contribution in [2.45, 2.75) is 59.9 Å². The van der Waals surface area contributed by atoms with Crippen LogP contribution in [-0.4, -0.2) is 60.4 Å². The fraction of sp³-hybridized carbons (Fsp3) is 0.900. The molecule has 2 heterocycles. The van der Waals surface area contributed by atoms with Crippen LogP contribution < -0.4 is 5.32 Å². The lowest BCUT2D eigenvalue weighted by atomic mass is 10.0. The minimum atomic E-state index is 0.127. The number of fused-ring (bicyclic) bond motifs is 1. The molecule has 0 radical (unpaired) electrons. The van der Waals surface area contributed by atoms with E-state index < -0.39 is 0 Å². The molecule has 2 amide bonds. The van der Waals surface area contributed by atoms with Crippen LogP contribution in [0.25, 0.3) is 0 Å². The summed E-state index contributed by atoms with van der Waals surface area (Å²) in [6.07, 6.45) is 2.83. The lowest BCUT2D eigenvalue weighted by Gasteiger charge is -2.23. The molecule has 2 aliphatic rings. The first-order chi connectivity index (χ1) is 11.8. The van der Waals surface area contributed by atoms with Crippen LogP contribution in [0, 0.1) is 23.7 Å². The van der Waals surface area contributed by atoms with Gasteiger partial charge in [0, 0.05) is 38.6 Å². The van der Waals surface area contributed by atoms with E-state index >= 15 is 0 Å². The molecule has 2 fully saturated rings. The van der Waals surface area contributed by atoms with E-state index in [1.807, 2.05) is 0 Å². The zero-order valence-corrected chi connectivity index (χ0v) is 16.8. The Bertz CT molecular complexity index is 452. The van der Waals surface area contributed by atoms with Gasteiger partial charge in [-0.3, -0.25) is 14.5 Å². The van der Waals surface area contributed by atoms with Crippen LogP contribution in [-0.2, 0) is 9.59 Å². The van der Waals surface area contributed by atoms with Gasteiger partial charge >= 0.3 is 0 Å². The molecule has 2 unspecified atom stereocenters. The van der Waals surface area contributed by atoms with Crippen molar-refractivity contribution in [1.29, 1.82) is 0 Å². The van der Waals surface area contributed by atoms with Crippen LogP contribution in [0.15, 0.2) is 0 Å². The van der Waals surface area contributed by atoms with Crippen LogP contribution in [0.3, 0.4) is 0 Å². The van der Waals surface area contributed by atoms with Crippen LogP contribution in [0.1, 0.15) is 53.9 Å². The maximum atomic E-state index is 12.4. The average Bonchev–Trinajstić information content (AvgIpc) is 3.10. The Kier molecular flexibility index (Phi) is 7.29. The van der Waals surface area contributed by atoms with E-state index in [2.05, 4.69) is 49.7 Å². The third-order valence-corrected chi connectivity index (χ3v) is 6.22. The number of nitrogens with zero attached hydrogens (tertiary/aromatic N) is 2. The van der Waals surface area contributed by atoms with Crippen molar-refractivity contribution >= 4 is 11.8 Å². The smallest absolute Gasteiger partial charge is 0.234 e. The van der Waals surface area contributed by atoms with Crippen molar-refractivity contribution in [3.8, 4) is 0 Å². The van der Waals surface area contributed by atoms with Crippen molar-refractivity contribution in [2.24, 2.45) is 23.7 Å². The average molecular weight is 352 g/mol. The number of rotatable bonds is 8. The maximum absolute atomic E-state index is 12.4. The van der Waals surface area contributed by atoms with E-state index in [1.165, 1.54) is 0 Å². The van der Waals surface area contributed by atoms with Gasteiger partial charge in [0.05, 0.1) is 6.54 Å². The monoisotopic (exact) mass is 351 g/mol. The number of hydrogen-bond donors (Lipinski definition) is 1. The third kappa shape index (κ3) is 5.70. The summed E-state index contributed by atoms with van der Waals surface area (Å²) in [6.45, 7) is 14.9. The number of nitrogens with one attached hydrogen (secondary N) is 1. The molecule has 2 aliphatic heterocycles. The second-order valence-corrected chi connectivity index (χ2v) is 8.67. The predicted molar refractivity (Wildman–Crippen MR) is 101 cm³/mol. The standard InChI is InChI=1S/C20H37N3O2/c1-6-15(4)7-8-20(25)23-11-17-9-22(10-18(17)12-23)13-19(24)21-16(5)14(2)3/h14-18H,6-13H2,1-5H3,(H,21,24)/t15?,16?,17-,18+. The van der Waals surface area contributed by atoms with E-state index in [1.54, 1.807) is 0 Å². The van der Waals surface area contributed by atoms with Crippen LogP contribution in [0.4, 0.5) is 0 Å². The maximum Gasteiger partial charge on any atom is 0.234 e. The lowest BCUT2D eigenvalue weighted by Crippen LogP contribution is -2.43. The van der Waals surface area contributed by atoms with Gasteiger partial charge in [-0.1, -0.05) is 34.1 Å². The SMILES string of the molecule is CCC(C)CCC(=O)N1C[C@H]2CN(CC(=O)NC(C)C(C)C)C[C@H]2C1. The minimum Gasteiger partial charge on any atom is -0.352 e. The molecule has 0 saturated carbocycles. The largest absolute Gasteiger partial charge is 0.352 e. The summed E-state index contributed by atoms with van der Waals surface area (Å²) in [5.74, 6) is 2.63. The minimum absolute atomic E-state index is 0.127. The Hall–Kier alpha value is -1.10. The lowest BCUT2D eigenvalue weighted by molar-refractivity contribution is -0.131. The summed E-state index contributed by atoms with van der Waals surface area (Å²) in [6, 6.07) is 0.216. The van der Waals surface area contributed by atoms with Crippen LogP contribution >= 0.6 is 0 Å². The molecule has 1 N–H and O–H groups in total. The van der Waals surface area contributed by atoms with E-state index in [0.29, 0.717) is 42.5 Å². The van der Waals surface area contributed by atoms with Crippen molar-refractivity contribution in [1.82, 2.24) is 15.1 Å². The highest BCUT2D eigenvalue weighted by atomic mass is 16.2. The first-order valence-corrected chi connectivity index (χ1v) is 10.1. The number of carbonyl (C=O) groups excluding carboxylic acids is 2. The number of amides is 2. The highest BCUT2D eigenvalue weighted by Crippen LogP contribution is 2.31. The van der Waals surface area contributed by atoms with Crippen molar-refractivity contribution in [2.75, 3.05) is 32.7 Å². The molecule has 2 saturated heterocycles. The molecular weight excluding hydrogens is 314 g/mol. The molecule has 5 nitrogen and oxygen atoms in total. The first-order valence-electron chi connectivity index (χ1n) is 10.1. The van der Waals surface area contributed by atoms with E-state index in [9.17, 15) is 9.59 Å². The summed E-state index contributed by atoms with van der Waals surface area (Å²) in [4.78, 5) is 28.9. The molecule has 0 aromatic rings. The Labute approximate surface area is 153 Å². The highest BCUT2D eigenvalue weighted by molar-refractivity contribution is 5.78. The number of hydrogen-bond acceptors (Lipinski definition) is 3. The van der Waals surface area contributed by atoms with E-state index in [0.717, 1.165) is 39.0 Å². The molecule has 4 atom stereocenters. The molecule has 0 aliphatic carbocycles. The summed E-state index contributed by atoms with van der Waals surface area (Å²) < 4.78 is 0. The summed E-state index contributed by atoms with van der Waals surface area (Å²) >= 11 is 0. The normalized spacial score (nSPS) is 25.9. The van der Waals surface area contributed by atoms with E-state index in [-0.39, 0.29) is 11.9 Å². The summed E-state index contributed by atoms with van der Waals surface area (Å²) in [5.41, 5.74) is 0. The Morgan fingerprint density at radius 3 is 2.16 bits per heavy atom. The van der Waals surface area contributed by atoms with Gasteiger partial charge in [-0.25, -0.2) is 0 Å². The molecule has 2 rings (SSSR count). The van der Waals surface area contributed by atoms with Crippen molar-refractivity contribution < 1.29 is 9.59 Å². The van der Waals surface area contributed by atoms with E-state index in [4.69, 9.17) is 0 Å².